The first-order chi connectivity index (χ1) is 12.9. The fourth-order valence-electron chi connectivity index (χ4n) is 3.28. The smallest absolute Gasteiger partial charge is 0.323 e. The average molecular weight is 387 g/mol. The second-order valence-electron chi connectivity index (χ2n) is 6.49. The number of fused-ring (bicyclic) bond motifs is 1. The zero-order chi connectivity index (χ0) is 19.6. The SMILES string of the molecule is CN(CC(=O)O)C(=O)C1Cc2ccccc2CN1C(=O)c1ccccc1Cl. The number of nitrogens with zero attached hydrogens (tertiary/aromatic N) is 2. The Kier molecular flexibility index (Phi) is 5.46. The van der Waals surface area contributed by atoms with Crippen LogP contribution >= 0.6 is 11.6 Å². The van der Waals surface area contributed by atoms with Gasteiger partial charge in [0.15, 0.2) is 0 Å². The molecule has 0 aliphatic carbocycles. The van der Waals surface area contributed by atoms with E-state index < -0.39 is 24.5 Å². The van der Waals surface area contributed by atoms with Gasteiger partial charge >= 0.3 is 5.97 Å². The van der Waals surface area contributed by atoms with Crippen molar-refractivity contribution in [3.05, 3.63) is 70.2 Å². The van der Waals surface area contributed by atoms with Gasteiger partial charge in [-0.3, -0.25) is 14.4 Å². The summed E-state index contributed by atoms with van der Waals surface area (Å²) >= 11 is 6.18. The number of amides is 2. The van der Waals surface area contributed by atoms with Crippen molar-refractivity contribution >= 4 is 29.4 Å². The maximum Gasteiger partial charge on any atom is 0.323 e. The van der Waals surface area contributed by atoms with Gasteiger partial charge in [0.25, 0.3) is 5.91 Å². The number of halogens is 1. The van der Waals surface area contributed by atoms with Gasteiger partial charge in [-0.05, 0) is 23.3 Å². The molecule has 1 aliphatic heterocycles. The van der Waals surface area contributed by atoms with Gasteiger partial charge < -0.3 is 14.9 Å². The molecule has 0 aromatic heterocycles. The third kappa shape index (κ3) is 3.95. The Labute approximate surface area is 162 Å². The molecule has 140 valence electrons. The Balaban J connectivity index is 1.97. The van der Waals surface area contributed by atoms with Crippen LogP contribution in [0, 0.1) is 0 Å². The van der Waals surface area contributed by atoms with Gasteiger partial charge in [0.2, 0.25) is 5.91 Å². The summed E-state index contributed by atoms with van der Waals surface area (Å²) < 4.78 is 0. The number of rotatable bonds is 4. The molecule has 0 saturated carbocycles. The van der Waals surface area contributed by atoms with Crippen LogP contribution in [0.2, 0.25) is 5.02 Å². The molecule has 0 radical (unpaired) electrons. The summed E-state index contributed by atoms with van der Waals surface area (Å²) in [6.07, 6.45) is 0.329. The normalized spacial score (nSPS) is 15.8. The van der Waals surface area contributed by atoms with Gasteiger partial charge in [0.1, 0.15) is 12.6 Å². The van der Waals surface area contributed by atoms with Gasteiger partial charge in [-0.2, -0.15) is 0 Å². The van der Waals surface area contributed by atoms with E-state index >= 15 is 0 Å². The Morgan fingerprint density at radius 2 is 1.74 bits per heavy atom. The lowest BCUT2D eigenvalue weighted by Gasteiger charge is -2.37. The summed E-state index contributed by atoms with van der Waals surface area (Å²) in [6.45, 7) is -0.164. The lowest BCUT2D eigenvalue weighted by atomic mass is 9.92. The second kappa shape index (κ2) is 7.80. The first-order valence-corrected chi connectivity index (χ1v) is 8.85. The van der Waals surface area contributed by atoms with E-state index in [1.54, 1.807) is 24.3 Å². The highest BCUT2D eigenvalue weighted by Crippen LogP contribution is 2.27. The van der Waals surface area contributed by atoms with Gasteiger partial charge in [0, 0.05) is 20.0 Å². The van der Waals surface area contributed by atoms with Crippen LogP contribution in [-0.2, 0) is 22.6 Å². The summed E-state index contributed by atoms with van der Waals surface area (Å²) in [6, 6.07) is 13.5. The maximum absolute atomic E-state index is 13.1. The number of benzene rings is 2. The van der Waals surface area contributed by atoms with Crippen LogP contribution in [0.1, 0.15) is 21.5 Å². The molecule has 7 heteroatoms. The van der Waals surface area contributed by atoms with Gasteiger partial charge in [-0.1, -0.05) is 48.0 Å². The lowest BCUT2D eigenvalue weighted by Crippen LogP contribution is -2.53. The second-order valence-corrected chi connectivity index (χ2v) is 6.90. The Morgan fingerprint density at radius 3 is 2.41 bits per heavy atom. The van der Waals surface area contributed by atoms with Crippen molar-refractivity contribution in [1.29, 1.82) is 0 Å². The van der Waals surface area contributed by atoms with E-state index in [1.165, 1.54) is 11.9 Å². The van der Waals surface area contributed by atoms with Crippen molar-refractivity contribution in [1.82, 2.24) is 9.80 Å². The fraction of sp³-hybridized carbons (Fsp3) is 0.250. The van der Waals surface area contributed by atoms with Crippen LogP contribution in [0.4, 0.5) is 0 Å². The van der Waals surface area contributed by atoms with Crippen molar-refractivity contribution in [3.63, 3.8) is 0 Å². The van der Waals surface area contributed by atoms with Crippen LogP contribution in [-0.4, -0.2) is 52.3 Å². The monoisotopic (exact) mass is 386 g/mol. The molecule has 0 bridgehead atoms. The van der Waals surface area contributed by atoms with Crippen LogP contribution in [0.3, 0.4) is 0 Å². The highest BCUT2D eigenvalue weighted by Gasteiger charge is 2.37. The largest absolute Gasteiger partial charge is 0.480 e. The quantitative estimate of drug-likeness (QED) is 0.875. The Morgan fingerprint density at radius 1 is 1.11 bits per heavy atom. The number of carboxylic acid groups (broad SMARTS) is 1. The van der Waals surface area contributed by atoms with E-state index in [1.807, 2.05) is 24.3 Å². The van der Waals surface area contributed by atoms with Crippen LogP contribution < -0.4 is 0 Å². The van der Waals surface area contributed by atoms with E-state index in [0.29, 0.717) is 17.0 Å². The molecule has 6 nitrogen and oxygen atoms in total. The highest BCUT2D eigenvalue weighted by atomic mass is 35.5. The van der Waals surface area contributed by atoms with Crippen molar-refractivity contribution in [3.8, 4) is 0 Å². The molecule has 0 saturated heterocycles. The third-order valence-electron chi connectivity index (χ3n) is 4.65. The third-order valence-corrected chi connectivity index (χ3v) is 4.98. The predicted octanol–water partition coefficient (Wildman–Crippen LogP) is 2.45. The van der Waals surface area contributed by atoms with Crippen molar-refractivity contribution in [2.75, 3.05) is 13.6 Å². The van der Waals surface area contributed by atoms with Gasteiger partial charge in [-0.15, -0.1) is 0 Å². The number of hydrogen-bond donors (Lipinski definition) is 1. The maximum atomic E-state index is 13.1. The minimum Gasteiger partial charge on any atom is -0.480 e. The molecule has 1 aliphatic rings. The summed E-state index contributed by atoms with van der Waals surface area (Å²) in [5.74, 6) is -1.87. The van der Waals surface area contributed by atoms with E-state index in [0.717, 1.165) is 16.0 Å². The van der Waals surface area contributed by atoms with Gasteiger partial charge in [-0.25, -0.2) is 0 Å². The lowest BCUT2D eigenvalue weighted by molar-refractivity contribution is -0.145. The van der Waals surface area contributed by atoms with E-state index in [2.05, 4.69) is 0 Å². The van der Waals surface area contributed by atoms with E-state index in [4.69, 9.17) is 16.7 Å². The molecular formula is C20H19ClN2O4. The zero-order valence-corrected chi connectivity index (χ0v) is 15.5. The molecule has 1 heterocycles. The van der Waals surface area contributed by atoms with Gasteiger partial charge in [0.05, 0.1) is 10.6 Å². The summed E-state index contributed by atoms with van der Waals surface area (Å²) in [5, 5.41) is 9.30. The molecular weight excluding hydrogens is 368 g/mol. The number of aliphatic carboxylic acids is 1. The summed E-state index contributed by atoms with van der Waals surface area (Å²) in [7, 11) is 1.43. The highest BCUT2D eigenvalue weighted by molar-refractivity contribution is 6.33. The standard InChI is InChI=1S/C20H19ClN2O4/c1-22(12-18(24)25)20(27)17-10-13-6-2-3-7-14(13)11-23(17)19(26)15-8-4-5-9-16(15)21/h2-9,17H,10-12H2,1H3,(H,24,25). The molecule has 3 rings (SSSR count). The first-order valence-electron chi connectivity index (χ1n) is 8.47. The van der Waals surface area contributed by atoms with E-state index in [-0.39, 0.29) is 12.5 Å². The van der Waals surface area contributed by atoms with E-state index in [9.17, 15) is 14.4 Å². The number of hydrogen-bond acceptors (Lipinski definition) is 3. The molecule has 2 aromatic rings. The van der Waals surface area contributed by atoms with Crippen LogP contribution in [0.5, 0.6) is 0 Å². The zero-order valence-electron chi connectivity index (χ0n) is 14.8. The summed E-state index contributed by atoms with van der Waals surface area (Å²) in [5.41, 5.74) is 2.25. The molecule has 1 atom stereocenters. The molecule has 2 amide bonds. The predicted molar refractivity (Wildman–Crippen MR) is 101 cm³/mol. The van der Waals surface area contributed by atoms with Crippen molar-refractivity contribution in [2.24, 2.45) is 0 Å². The molecule has 0 fully saturated rings. The number of likely N-dealkylation sites (N-methyl/N-ethyl adjacent to an activating group) is 1. The summed E-state index contributed by atoms with van der Waals surface area (Å²) in [4.78, 5) is 39.6. The van der Waals surface area contributed by atoms with Crippen molar-refractivity contribution < 1.29 is 19.5 Å². The Hall–Kier alpha value is -2.86. The number of carbonyl (C=O) groups is 3. The molecule has 1 N–H and O–H groups in total. The minimum atomic E-state index is -1.11. The average Bonchev–Trinajstić information content (AvgIpc) is 2.65. The van der Waals surface area contributed by atoms with Crippen molar-refractivity contribution in [2.45, 2.75) is 19.0 Å². The number of carboxylic acids is 1. The molecule has 0 spiro atoms. The first kappa shape index (κ1) is 18.9. The molecule has 27 heavy (non-hydrogen) atoms. The molecule has 1 unspecified atom stereocenters. The van der Waals surface area contributed by atoms with Crippen LogP contribution in [0.25, 0.3) is 0 Å². The fourth-order valence-corrected chi connectivity index (χ4v) is 3.50. The topological polar surface area (TPSA) is 77.9 Å². The number of carbonyl (C=O) groups excluding carboxylic acids is 2. The van der Waals surface area contributed by atoms with Crippen LogP contribution in [0.15, 0.2) is 48.5 Å². The minimum absolute atomic E-state index is 0.261. The Bertz CT molecular complexity index is 899. The molecule has 2 aromatic carbocycles.